The van der Waals surface area contributed by atoms with Crippen LogP contribution in [-0.4, -0.2) is 26.8 Å². The van der Waals surface area contributed by atoms with Crippen LogP contribution in [0.15, 0.2) is 54.6 Å². The lowest BCUT2D eigenvalue weighted by molar-refractivity contribution is -0.137. The second-order valence-electron chi connectivity index (χ2n) is 5.52. The highest BCUT2D eigenvalue weighted by molar-refractivity contribution is 6.05. The Balaban J connectivity index is 1.91. The van der Waals surface area contributed by atoms with Gasteiger partial charge in [-0.05, 0) is 11.6 Å². The van der Waals surface area contributed by atoms with Gasteiger partial charge in [0.25, 0.3) is 5.91 Å². The highest BCUT2D eigenvalue weighted by atomic mass is 16.4. The standard InChI is InChI=1S/C18H17N3O3/c1-21-15-10-6-5-9-13(15)17(20-21)18(24)19-14(11-16(22)23)12-7-3-2-4-8-12/h2-10,14H,11H2,1H3,(H,19,24)(H,22,23). The summed E-state index contributed by atoms with van der Waals surface area (Å²) in [5.74, 6) is -1.36. The molecule has 0 radical (unpaired) electrons. The molecule has 1 aromatic heterocycles. The number of amides is 1. The number of carboxylic acids is 1. The molecular formula is C18H17N3O3. The van der Waals surface area contributed by atoms with Crippen LogP contribution in [0.2, 0.25) is 0 Å². The first-order valence-electron chi connectivity index (χ1n) is 7.55. The zero-order valence-electron chi connectivity index (χ0n) is 13.1. The Morgan fingerprint density at radius 1 is 1.12 bits per heavy atom. The maximum absolute atomic E-state index is 12.7. The first-order chi connectivity index (χ1) is 11.6. The molecule has 6 nitrogen and oxygen atoms in total. The van der Waals surface area contributed by atoms with E-state index in [2.05, 4.69) is 10.4 Å². The molecule has 0 saturated heterocycles. The van der Waals surface area contributed by atoms with E-state index >= 15 is 0 Å². The fourth-order valence-corrected chi connectivity index (χ4v) is 2.72. The van der Waals surface area contributed by atoms with Crippen LogP contribution in [0.5, 0.6) is 0 Å². The maximum atomic E-state index is 12.7. The second kappa shape index (κ2) is 6.54. The number of nitrogens with one attached hydrogen (secondary N) is 1. The summed E-state index contributed by atoms with van der Waals surface area (Å²) in [6, 6.07) is 15.9. The summed E-state index contributed by atoms with van der Waals surface area (Å²) in [5.41, 5.74) is 1.88. The van der Waals surface area contributed by atoms with Gasteiger partial charge in [-0.3, -0.25) is 14.3 Å². The van der Waals surface area contributed by atoms with Crippen LogP contribution in [-0.2, 0) is 11.8 Å². The zero-order valence-corrected chi connectivity index (χ0v) is 13.1. The Hall–Kier alpha value is -3.15. The zero-order chi connectivity index (χ0) is 17.1. The number of rotatable bonds is 5. The molecule has 0 fully saturated rings. The van der Waals surface area contributed by atoms with Crippen molar-refractivity contribution in [2.45, 2.75) is 12.5 Å². The van der Waals surface area contributed by atoms with Crippen LogP contribution in [0.25, 0.3) is 10.9 Å². The third-order valence-corrected chi connectivity index (χ3v) is 3.86. The molecule has 0 aliphatic rings. The number of nitrogens with zero attached hydrogens (tertiary/aromatic N) is 2. The average Bonchev–Trinajstić information content (AvgIpc) is 2.92. The van der Waals surface area contributed by atoms with Gasteiger partial charge in [-0.1, -0.05) is 48.5 Å². The molecule has 0 saturated carbocycles. The molecule has 2 N–H and O–H groups in total. The van der Waals surface area contributed by atoms with Gasteiger partial charge >= 0.3 is 5.97 Å². The molecule has 2 aromatic carbocycles. The van der Waals surface area contributed by atoms with Crippen LogP contribution < -0.4 is 5.32 Å². The van der Waals surface area contributed by atoms with E-state index in [-0.39, 0.29) is 12.3 Å². The molecule has 1 atom stereocenters. The minimum atomic E-state index is -0.977. The van der Waals surface area contributed by atoms with Gasteiger partial charge in [0.2, 0.25) is 0 Å². The molecule has 3 aromatic rings. The smallest absolute Gasteiger partial charge is 0.305 e. The number of aromatic nitrogens is 2. The van der Waals surface area contributed by atoms with Crippen LogP contribution in [0.1, 0.15) is 28.5 Å². The molecule has 0 aliphatic carbocycles. The molecule has 1 unspecified atom stereocenters. The number of hydrogen-bond donors (Lipinski definition) is 2. The lowest BCUT2D eigenvalue weighted by atomic mass is 10.0. The lowest BCUT2D eigenvalue weighted by Crippen LogP contribution is -2.30. The maximum Gasteiger partial charge on any atom is 0.305 e. The van der Waals surface area contributed by atoms with E-state index < -0.39 is 12.0 Å². The molecule has 24 heavy (non-hydrogen) atoms. The summed E-state index contributed by atoms with van der Waals surface area (Å²) < 4.78 is 1.64. The van der Waals surface area contributed by atoms with Crippen molar-refractivity contribution >= 4 is 22.8 Å². The van der Waals surface area contributed by atoms with Gasteiger partial charge in [0.15, 0.2) is 5.69 Å². The molecule has 1 heterocycles. The number of carbonyl (C=O) groups excluding carboxylic acids is 1. The fraction of sp³-hybridized carbons (Fsp3) is 0.167. The van der Waals surface area contributed by atoms with Gasteiger partial charge in [-0.2, -0.15) is 5.10 Å². The van der Waals surface area contributed by atoms with Crippen molar-refractivity contribution in [3.05, 3.63) is 65.9 Å². The molecule has 6 heteroatoms. The third-order valence-electron chi connectivity index (χ3n) is 3.86. The average molecular weight is 323 g/mol. The summed E-state index contributed by atoms with van der Waals surface area (Å²) in [4.78, 5) is 23.8. The van der Waals surface area contributed by atoms with Crippen molar-refractivity contribution in [1.29, 1.82) is 0 Å². The van der Waals surface area contributed by atoms with Gasteiger partial charge in [-0.15, -0.1) is 0 Å². The highest BCUT2D eigenvalue weighted by Gasteiger charge is 2.22. The van der Waals surface area contributed by atoms with Crippen LogP contribution in [0, 0.1) is 0 Å². The number of benzene rings is 2. The predicted octanol–water partition coefficient (Wildman–Crippen LogP) is 2.52. The van der Waals surface area contributed by atoms with Crippen molar-refractivity contribution < 1.29 is 14.7 Å². The van der Waals surface area contributed by atoms with Gasteiger partial charge in [0.1, 0.15) is 0 Å². The van der Waals surface area contributed by atoms with Gasteiger partial charge in [-0.25, -0.2) is 0 Å². The Kier molecular flexibility index (Phi) is 4.29. The number of para-hydroxylation sites is 1. The summed E-state index contributed by atoms with van der Waals surface area (Å²) in [6.45, 7) is 0. The van der Waals surface area contributed by atoms with E-state index in [0.717, 1.165) is 16.5 Å². The minimum Gasteiger partial charge on any atom is -0.481 e. The predicted molar refractivity (Wildman–Crippen MR) is 89.6 cm³/mol. The van der Waals surface area contributed by atoms with Crippen molar-refractivity contribution in [3.8, 4) is 0 Å². The number of carboxylic acid groups (broad SMARTS) is 1. The Bertz CT molecular complexity index is 887. The summed E-state index contributed by atoms with van der Waals surface area (Å²) in [7, 11) is 1.77. The topological polar surface area (TPSA) is 84.2 Å². The number of hydrogen-bond acceptors (Lipinski definition) is 3. The minimum absolute atomic E-state index is 0.194. The van der Waals surface area contributed by atoms with Crippen LogP contribution >= 0.6 is 0 Å². The Labute approximate surface area is 138 Å². The quantitative estimate of drug-likeness (QED) is 0.755. The molecule has 0 bridgehead atoms. The third kappa shape index (κ3) is 3.12. The summed E-state index contributed by atoms with van der Waals surface area (Å²) in [6.07, 6.45) is -0.194. The van der Waals surface area contributed by atoms with Crippen molar-refractivity contribution in [2.24, 2.45) is 7.05 Å². The van der Waals surface area contributed by atoms with Gasteiger partial charge < -0.3 is 10.4 Å². The largest absolute Gasteiger partial charge is 0.481 e. The van der Waals surface area contributed by atoms with E-state index in [4.69, 9.17) is 5.11 Å². The number of carbonyl (C=O) groups is 2. The van der Waals surface area contributed by atoms with Crippen LogP contribution in [0.4, 0.5) is 0 Å². The molecular weight excluding hydrogens is 306 g/mol. The number of fused-ring (bicyclic) bond motifs is 1. The monoisotopic (exact) mass is 323 g/mol. The van der Waals surface area contributed by atoms with Crippen LogP contribution in [0.3, 0.4) is 0 Å². The SMILES string of the molecule is Cn1nc(C(=O)NC(CC(=O)O)c2ccccc2)c2ccccc21. The normalized spacial score (nSPS) is 12.0. The van der Waals surface area contributed by atoms with Crippen molar-refractivity contribution in [2.75, 3.05) is 0 Å². The second-order valence-corrected chi connectivity index (χ2v) is 5.52. The van der Waals surface area contributed by atoms with Crippen molar-refractivity contribution in [1.82, 2.24) is 15.1 Å². The molecule has 3 rings (SSSR count). The highest BCUT2D eigenvalue weighted by Crippen LogP contribution is 2.21. The molecule has 0 aliphatic heterocycles. The molecule has 0 spiro atoms. The summed E-state index contributed by atoms with van der Waals surface area (Å²) in [5, 5.41) is 16.9. The summed E-state index contributed by atoms with van der Waals surface area (Å²) >= 11 is 0. The van der Waals surface area contributed by atoms with Crippen molar-refractivity contribution in [3.63, 3.8) is 0 Å². The van der Waals surface area contributed by atoms with E-state index in [1.165, 1.54) is 0 Å². The Morgan fingerprint density at radius 3 is 2.50 bits per heavy atom. The van der Waals surface area contributed by atoms with Gasteiger partial charge in [0.05, 0.1) is 18.0 Å². The van der Waals surface area contributed by atoms with E-state index in [0.29, 0.717) is 5.69 Å². The molecule has 1 amide bonds. The Morgan fingerprint density at radius 2 is 1.79 bits per heavy atom. The first-order valence-corrected chi connectivity index (χ1v) is 7.55. The number of aryl methyl sites for hydroxylation is 1. The first kappa shape index (κ1) is 15.7. The van der Waals surface area contributed by atoms with Gasteiger partial charge in [0, 0.05) is 12.4 Å². The van der Waals surface area contributed by atoms with E-state index in [1.807, 2.05) is 42.5 Å². The van der Waals surface area contributed by atoms with E-state index in [1.54, 1.807) is 23.9 Å². The number of aliphatic carboxylic acids is 1. The fourth-order valence-electron chi connectivity index (χ4n) is 2.72. The lowest BCUT2D eigenvalue weighted by Gasteiger charge is -2.16. The van der Waals surface area contributed by atoms with E-state index in [9.17, 15) is 9.59 Å². The molecule has 122 valence electrons.